The Kier molecular flexibility index (Phi) is 3.62. The molecular weight excluding hydrogens is 329 g/mol. The SMILES string of the molecule is O=C1Nc2cc(Cl)ccc2C1(Cc1cccc(Cl)c1)CC1CC1. The molecule has 1 atom stereocenters. The quantitative estimate of drug-likeness (QED) is 0.807. The van der Waals surface area contributed by atoms with Crippen molar-refractivity contribution in [2.75, 3.05) is 5.32 Å². The maximum absolute atomic E-state index is 12.9. The van der Waals surface area contributed by atoms with Gasteiger partial charge in [0.05, 0.1) is 5.41 Å². The number of halogens is 2. The van der Waals surface area contributed by atoms with Crippen molar-refractivity contribution in [3.8, 4) is 0 Å². The van der Waals surface area contributed by atoms with Crippen LogP contribution >= 0.6 is 23.2 Å². The van der Waals surface area contributed by atoms with Gasteiger partial charge in [-0.25, -0.2) is 0 Å². The van der Waals surface area contributed by atoms with Crippen molar-refractivity contribution >= 4 is 34.8 Å². The van der Waals surface area contributed by atoms with Gasteiger partial charge in [0, 0.05) is 15.7 Å². The maximum atomic E-state index is 12.9. The molecule has 0 aromatic heterocycles. The highest BCUT2D eigenvalue weighted by Gasteiger charge is 2.49. The Morgan fingerprint density at radius 2 is 1.87 bits per heavy atom. The van der Waals surface area contributed by atoms with Crippen molar-refractivity contribution in [1.29, 1.82) is 0 Å². The lowest BCUT2D eigenvalue weighted by Gasteiger charge is -2.28. The van der Waals surface area contributed by atoms with Crippen LogP contribution in [-0.4, -0.2) is 5.91 Å². The molecule has 0 saturated heterocycles. The minimum absolute atomic E-state index is 0.0849. The van der Waals surface area contributed by atoms with Crippen LogP contribution in [0.25, 0.3) is 0 Å². The molecule has 2 aromatic carbocycles. The molecule has 0 radical (unpaired) electrons. The molecule has 1 fully saturated rings. The first-order valence-corrected chi connectivity index (χ1v) is 8.68. The molecule has 0 bridgehead atoms. The number of rotatable bonds is 4. The van der Waals surface area contributed by atoms with Crippen LogP contribution in [0.2, 0.25) is 10.0 Å². The first-order valence-electron chi connectivity index (χ1n) is 7.93. The molecule has 1 aliphatic carbocycles. The van der Waals surface area contributed by atoms with Crippen LogP contribution in [0, 0.1) is 5.92 Å². The molecule has 1 heterocycles. The predicted octanol–water partition coefficient (Wildman–Crippen LogP) is 5.23. The zero-order valence-corrected chi connectivity index (χ0v) is 14.1. The van der Waals surface area contributed by atoms with Crippen LogP contribution in [0.1, 0.15) is 30.4 Å². The predicted molar refractivity (Wildman–Crippen MR) is 94.3 cm³/mol. The molecule has 1 amide bonds. The molecule has 1 aliphatic heterocycles. The molecule has 4 heteroatoms. The highest BCUT2D eigenvalue weighted by molar-refractivity contribution is 6.31. The summed E-state index contributed by atoms with van der Waals surface area (Å²) in [4.78, 5) is 12.9. The Hall–Kier alpha value is -1.51. The zero-order valence-electron chi connectivity index (χ0n) is 12.6. The van der Waals surface area contributed by atoms with Crippen LogP contribution in [0.15, 0.2) is 42.5 Å². The number of nitrogens with one attached hydrogen (secondary N) is 1. The first-order chi connectivity index (χ1) is 11.1. The van der Waals surface area contributed by atoms with E-state index < -0.39 is 5.41 Å². The number of carbonyl (C=O) groups is 1. The number of amides is 1. The van der Waals surface area contributed by atoms with E-state index in [1.54, 1.807) is 0 Å². The standard InChI is InChI=1S/C19H17Cl2NO/c20-14-3-1-2-13(8-14)11-19(10-12-4-5-12)16-7-6-15(21)9-17(16)22-18(19)23/h1-3,6-9,12H,4-5,10-11H2,(H,22,23). The molecule has 1 unspecified atom stereocenters. The van der Waals surface area contributed by atoms with Gasteiger partial charge in [-0.3, -0.25) is 4.79 Å². The largest absolute Gasteiger partial charge is 0.325 e. The maximum Gasteiger partial charge on any atom is 0.235 e. The minimum atomic E-state index is -0.508. The second-order valence-corrected chi connectivity index (χ2v) is 7.55. The van der Waals surface area contributed by atoms with Gasteiger partial charge in [-0.1, -0.05) is 54.2 Å². The Balaban J connectivity index is 1.79. The third-order valence-corrected chi connectivity index (χ3v) is 5.38. The zero-order chi connectivity index (χ0) is 16.0. The van der Waals surface area contributed by atoms with Gasteiger partial charge in [0.15, 0.2) is 0 Å². The number of hydrogen-bond acceptors (Lipinski definition) is 1. The number of benzene rings is 2. The molecule has 4 rings (SSSR count). The van der Waals surface area contributed by atoms with Crippen LogP contribution in [-0.2, 0) is 16.6 Å². The second kappa shape index (κ2) is 5.54. The van der Waals surface area contributed by atoms with Crippen molar-refractivity contribution in [3.63, 3.8) is 0 Å². The van der Waals surface area contributed by atoms with Crippen LogP contribution in [0.3, 0.4) is 0 Å². The van der Waals surface area contributed by atoms with E-state index in [9.17, 15) is 4.79 Å². The summed E-state index contributed by atoms with van der Waals surface area (Å²) >= 11 is 12.2. The molecule has 23 heavy (non-hydrogen) atoms. The fourth-order valence-electron chi connectivity index (χ4n) is 3.66. The average Bonchev–Trinajstić information content (AvgIpc) is 3.26. The van der Waals surface area contributed by atoms with E-state index >= 15 is 0 Å². The van der Waals surface area contributed by atoms with Gasteiger partial charge in [0.2, 0.25) is 5.91 Å². The van der Waals surface area contributed by atoms with Gasteiger partial charge >= 0.3 is 0 Å². The summed E-state index contributed by atoms with van der Waals surface area (Å²) in [6.07, 6.45) is 3.99. The minimum Gasteiger partial charge on any atom is -0.325 e. The van der Waals surface area contributed by atoms with E-state index in [2.05, 4.69) is 5.32 Å². The van der Waals surface area contributed by atoms with Gasteiger partial charge in [0.1, 0.15) is 0 Å². The summed E-state index contributed by atoms with van der Waals surface area (Å²) in [7, 11) is 0. The topological polar surface area (TPSA) is 29.1 Å². The summed E-state index contributed by atoms with van der Waals surface area (Å²) in [6.45, 7) is 0. The monoisotopic (exact) mass is 345 g/mol. The van der Waals surface area contributed by atoms with E-state index in [-0.39, 0.29) is 5.91 Å². The lowest BCUT2D eigenvalue weighted by Crippen LogP contribution is -2.37. The Bertz CT molecular complexity index is 785. The lowest BCUT2D eigenvalue weighted by atomic mass is 9.72. The first kappa shape index (κ1) is 15.0. The Morgan fingerprint density at radius 3 is 2.61 bits per heavy atom. The molecule has 118 valence electrons. The Morgan fingerprint density at radius 1 is 1.09 bits per heavy atom. The van der Waals surface area contributed by atoms with Crippen molar-refractivity contribution in [1.82, 2.24) is 0 Å². The third-order valence-electron chi connectivity index (χ3n) is 4.91. The number of anilines is 1. The molecule has 2 aliphatic rings. The highest BCUT2D eigenvalue weighted by Crippen LogP contribution is 2.49. The van der Waals surface area contributed by atoms with Crippen LogP contribution in [0.5, 0.6) is 0 Å². The number of hydrogen-bond donors (Lipinski definition) is 1. The van der Waals surface area contributed by atoms with Crippen molar-refractivity contribution in [2.45, 2.75) is 31.1 Å². The summed E-state index contributed by atoms with van der Waals surface area (Å²) < 4.78 is 0. The van der Waals surface area contributed by atoms with Crippen molar-refractivity contribution in [3.05, 3.63) is 63.6 Å². The van der Waals surface area contributed by atoms with Crippen molar-refractivity contribution < 1.29 is 4.79 Å². The molecule has 1 saturated carbocycles. The van der Waals surface area contributed by atoms with Gasteiger partial charge in [-0.15, -0.1) is 0 Å². The normalized spacial score (nSPS) is 22.8. The molecule has 2 nitrogen and oxygen atoms in total. The molecular formula is C19H17Cl2NO. The van der Waals surface area contributed by atoms with Crippen LogP contribution in [0.4, 0.5) is 5.69 Å². The van der Waals surface area contributed by atoms with Crippen molar-refractivity contribution in [2.24, 2.45) is 5.92 Å². The number of carbonyl (C=O) groups excluding carboxylic acids is 1. The average molecular weight is 346 g/mol. The molecule has 0 spiro atoms. The second-order valence-electron chi connectivity index (χ2n) is 6.68. The summed E-state index contributed by atoms with van der Waals surface area (Å²) in [5, 5.41) is 4.40. The van der Waals surface area contributed by atoms with Gasteiger partial charge in [-0.05, 0) is 54.2 Å². The van der Waals surface area contributed by atoms with E-state index in [0.717, 1.165) is 23.2 Å². The number of fused-ring (bicyclic) bond motifs is 1. The molecule has 2 aromatic rings. The Labute approximate surface area is 145 Å². The van der Waals surface area contributed by atoms with E-state index in [0.29, 0.717) is 22.4 Å². The van der Waals surface area contributed by atoms with Gasteiger partial charge in [-0.2, -0.15) is 0 Å². The summed E-state index contributed by atoms with van der Waals surface area (Å²) in [5.74, 6) is 0.725. The van der Waals surface area contributed by atoms with E-state index in [4.69, 9.17) is 23.2 Å². The van der Waals surface area contributed by atoms with Crippen LogP contribution < -0.4 is 5.32 Å². The third kappa shape index (κ3) is 2.75. The summed E-state index contributed by atoms with van der Waals surface area (Å²) in [5.41, 5.74) is 2.51. The van der Waals surface area contributed by atoms with Gasteiger partial charge < -0.3 is 5.32 Å². The van der Waals surface area contributed by atoms with Gasteiger partial charge in [0.25, 0.3) is 0 Å². The fraction of sp³-hybridized carbons (Fsp3) is 0.316. The summed E-state index contributed by atoms with van der Waals surface area (Å²) in [6, 6.07) is 13.5. The lowest BCUT2D eigenvalue weighted by molar-refractivity contribution is -0.121. The van der Waals surface area contributed by atoms with E-state index in [1.807, 2.05) is 42.5 Å². The smallest absolute Gasteiger partial charge is 0.235 e. The van der Waals surface area contributed by atoms with E-state index in [1.165, 1.54) is 12.8 Å². The highest BCUT2D eigenvalue weighted by atomic mass is 35.5. The fourth-order valence-corrected chi connectivity index (χ4v) is 4.05. The molecule has 1 N–H and O–H groups in total.